The Morgan fingerprint density at radius 1 is 1.44 bits per heavy atom. The van der Waals surface area contributed by atoms with Crippen molar-refractivity contribution in [2.45, 2.75) is 46.0 Å². The fourth-order valence-electron chi connectivity index (χ4n) is 2.47. The zero-order valence-corrected chi connectivity index (χ0v) is 10.6. The number of carbonyl (C=O) groups is 1. The standard InChI is InChI=1S/C13H25NO2/c1-3-16-13(15)7-8-14-10-12-6-4-5-11(2)9-12/h11-12,14H,3-10H2,1-2H3. The number of rotatable bonds is 6. The average Bonchev–Trinajstić information content (AvgIpc) is 2.25. The monoisotopic (exact) mass is 227 g/mol. The van der Waals surface area contributed by atoms with Crippen LogP contribution < -0.4 is 5.32 Å². The Labute approximate surface area is 98.9 Å². The summed E-state index contributed by atoms with van der Waals surface area (Å²) in [5.74, 6) is 1.60. The van der Waals surface area contributed by atoms with Crippen LogP contribution in [-0.2, 0) is 9.53 Å². The topological polar surface area (TPSA) is 38.3 Å². The van der Waals surface area contributed by atoms with E-state index in [9.17, 15) is 4.79 Å². The minimum atomic E-state index is -0.0907. The Hall–Kier alpha value is -0.570. The lowest BCUT2D eigenvalue weighted by Gasteiger charge is -2.26. The molecule has 3 nitrogen and oxygen atoms in total. The smallest absolute Gasteiger partial charge is 0.307 e. The van der Waals surface area contributed by atoms with Crippen LogP contribution >= 0.6 is 0 Å². The molecule has 16 heavy (non-hydrogen) atoms. The average molecular weight is 227 g/mol. The molecule has 1 saturated carbocycles. The van der Waals surface area contributed by atoms with E-state index in [4.69, 9.17) is 4.74 Å². The molecule has 2 atom stereocenters. The molecule has 0 aromatic heterocycles. The van der Waals surface area contributed by atoms with Crippen molar-refractivity contribution in [1.82, 2.24) is 5.32 Å². The third-order valence-electron chi connectivity index (χ3n) is 3.29. The summed E-state index contributed by atoms with van der Waals surface area (Å²) in [5.41, 5.74) is 0. The summed E-state index contributed by atoms with van der Waals surface area (Å²) >= 11 is 0. The summed E-state index contributed by atoms with van der Waals surface area (Å²) < 4.78 is 4.87. The molecular weight excluding hydrogens is 202 g/mol. The number of nitrogens with one attached hydrogen (secondary N) is 1. The Morgan fingerprint density at radius 3 is 2.94 bits per heavy atom. The highest BCUT2D eigenvalue weighted by atomic mass is 16.5. The first-order valence-corrected chi connectivity index (χ1v) is 6.58. The van der Waals surface area contributed by atoms with Gasteiger partial charge in [0.15, 0.2) is 0 Å². The van der Waals surface area contributed by atoms with E-state index >= 15 is 0 Å². The molecule has 94 valence electrons. The fraction of sp³-hybridized carbons (Fsp3) is 0.923. The number of hydrogen-bond donors (Lipinski definition) is 1. The van der Waals surface area contributed by atoms with Crippen LogP contribution in [0.4, 0.5) is 0 Å². The van der Waals surface area contributed by atoms with Gasteiger partial charge in [-0.15, -0.1) is 0 Å². The van der Waals surface area contributed by atoms with Gasteiger partial charge in [-0.05, 0) is 38.1 Å². The van der Waals surface area contributed by atoms with Crippen molar-refractivity contribution in [1.29, 1.82) is 0 Å². The minimum absolute atomic E-state index is 0.0907. The predicted octanol–water partition coefficient (Wildman–Crippen LogP) is 2.36. The Morgan fingerprint density at radius 2 is 2.25 bits per heavy atom. The van der Waals surface area contributed by atoms with Crippen molar-refractivity contribution < 1.29 is 9.53 Å². The van der Waals surface area contributed by atoms with Gasteiger partial charge in [0.25, 0.3) is 0 Å². The van der Waals surface area contributed by atoms with Gasteiger partial charge in [0.05, 0.1) is 13.0 Å². The molecule has 0 saturated heterocycles. The zero-order valence-electron chi connectivity index (χ0n) is 10.6. The molecule has 2 unspecified atom stereocenters. The molecule has 3 heteroatoms. The lowest BCUT2D eigenvalue weighted by molar-refractivity contribution is -0.142. The number of hydrogen-bond acceptors (Lipinski definition) is 3. The molecule has 0 aromatic carbocycles. The van der Waals surface area contributed by atoms with Crippen LogP contribution in [-0.4, -0.2) is 25.7 Å². The second kappa shape index (κ2) is 7.66. The first kappa shape index (κ1) is 13.5. The van der Waals surface area contributed by atoms with E-state index in [-0.39, 0.29) is 5.97 Å². The van der Waals surface area contributed by atoms with E-state index in [0.717, 1.165) is 24.9 Å². The lowest BCUT2D eigenvalue weighted by atomic mass is 9.82. The van der Waals surface area contributed by atoms with E-state index in [1.807, 2.05) is 6.92 Å². The van der Waals surface area contributed by atoms with Gasteiger partial charge in [0.2, 0.25) is 0 Å². The SMILES string of the molecule is CCOC(=O)CCNCC1CCCC(C)C1. The van der Waals surface area contributed by atoms with E-state index in [2.05, 4.69) is 12.2 Å². The zero-order chi connectivity index (χ0) is 11.8. The summed E-state index contributed by atoms with van der Waals surface area (Å²) in [7, 11) is 0. The quantitative estimate of drug-likeness (QED) is 0.559. The Balaban J connectivity index is 2.00. The predicted molar refractivity (Wildman–Crippen MR) is 65.2 cm³/mol. The molecule has 0 radical (unpaired) electrons. The molecule has 0 aromatic rings. The van der Waals surface area contributed by atoms with Crippen LogP contribution in [0.25, 0.3) is 0 Å². The maximum atomic E-state index is 11.1. The van der Waals surface area contributed by atoms with Crippen molar-refractivity contribution in [2.75, 3.05) is 19.7 Å². The normalized spacial score (nSPS) is 25.4. The summed E-state index contributed by atoms with van der Waals surface area (Å²) in [6.45, 7) is 6.48. The van der Waals surface area contributed by atoms with Gasteiger partial charge in [-0.3, -0.25) is 4.79 Å². The molecule has 1 rings (SSSR count). The van der Waals surface area contributed by atoms with Crippen molar-refractivity contribution in [3.8, 4) is 0 Å². The highest BCUT2D eigenvalue weighted by Crippen LogP contribution is 2.27. The van der Waals surface area contributed by atoms with E-state index in [1.165, 1.54) is 25.7 Å². The van der Waals surface area contributed by atoms with Gasteiger partial charge in [0.1, 0.15) is 0 Å². The minimum Gasteiger partial charge on any atom is -0.466 e. The summed E-state index contributed by atoms with van der Waals surface area (Å²) in [4.78, 5) is 11.1. The Bertz CT molecular complexity index is 206. The van der Waals surface area contributed by atoms with Crippen LogP contribution in [0.3, 0.4) is 0 Å². The van der Waals surface area contributed by atoms with E-state index < -0.39 is 0 Å². The van der Waals surface area contributed by atoms with Crippen molar-refractivity contribution in [3.05, 3.63) is 0 Å². The summed E-state index contributed by atoms with van der Waals surface area (Å²) in [5, 5.41) is 3.36. The van der Waals surface area contributed by atoms with Gasteiger partial charge in [0, 0.05) is 6.54 Å². The summed E-state index contributed by atoms with van der Waals surface area (Å²) in [6, 6.07) is 0. The highest BCUT2D eigenvalue weighted by Gasteiger charge is 2.18. The maximum Gasteiger partial charge on any atom is 0.307 e. The lowest BCUT2D eigenvalue weighted by Crippen LogP contribution is -2.28. The molecule has 1 aliphatic rings. The Kier molecular flexibility index (Phi) is 6.46. The number of esters is 1. The highest BCUT2D eigenvalue weighted by molar-refractivity contribution is 5.69. The van der Waals surface area contributed by atoms with Gasteiger partial charge < -0.3 is 10.1 Å². The molecule has 0 heterocycles. The molecule has 1 N–H and O–H groups in total. The van der Waals surface area contributed by atoms with E-state index in [1.54, 1.807) is 0 Å². The van der Waals surface area contributed by atoms with Gasteiger partial charge >= 0.3 is 5.97 Å². The van der Waals surface area contributed by atoms with Crippen LogP contribution in [0.2, 0.25) is 0 Å². The van der Waals surface area contributed by atoms with Crippen molar-refractivity contribution >= 4 is 5.97 Å². The first-order valence-electron chi connectivity index (χ1n) is 6.58. The second-order valence-electron chi connectivity index (χ2n) is 4.90. The molecule has 0 amide bonds. The van der Waals surface area contributed by atoms with Crippen LogP contribution in [0, 0.1) is 11.8 Å². The van der Waals surface area contributed by atoms with Gasteiger partial charge in [-0.1, -0.05) is 19.8 Å². The van der Waals surface area contributed by atoms with Gasteiger partial charge in [-0.2, -0.15) is 0 Å². The molecule has 1 fully saturated rings. The molecule has 0 bridgehead atoms. The van der Waals surface area contributed by atoms with Crippen LogP contribution in [0.5, 0.6) is 0 Å². The maximum absolute atomic E-state index is 11.1. The molecule has 1 aliphatic carbocycles. The fourth-order valence-corrected chi connectivity index (χ4v) is 2.47. The van der Waals surface area contributed by atoms with Crippen LogP contribution in [0.15, 0.2) is 0 Å². The second-order valence-corrected chi connectivity index (χ2v) is 4.90. The molecular formula is C13H25NO2. The number of ether oxygens (including phenoxy) is 1. The van der Waals surface area contributed by atoms with E-state index in [0.29, 0.717) is 13.0 Å². The molecule has 0 spiro atoms. The van der Waals surface area contributed by atoms with Crippen molar-refractivity contribution in [3.63, 3.8) is 0 Å². The third kappa shape index (κ3) is 5.50. The largest absolute Gasteiger partial charge is 0.466 e. The first-order chi connectivity index (χ1) is 7.72. The third-order valence-corrected chi connectivity index (χ3v) is 3.29. The van der Waals surface area contributed by atoms with Crippen LogP contribution in [0.1, 0.15) is 46.0 Å². The summed E-state index contributed by atoms with van der Waals surface area (Å²) in [6.07, 6.45) is 5.93. The van der Waals surface area contributed by atoms with Crippen molar-refractivity contribution in [2.24, 2.45) is 11.8 Å². The molecule has 0 aliphatic heterocycles. The number of carbonyl (C=O) groups excluding carboxylic acids is 1. The van der Waals surface area contributed by atoms with Gasteiger partial charge in [-0.25, -0.2) is 0 Å².